The molecule has 206 valence electrons. The summed E-state index contributed by atoms with van der Waals surface area (Å²) in [4.78, 5) is 0. The van der Waals surface area contributed by atoms with Crippen molar-refractivity contribution < 1.29 is 0 Å². The first-order chi connectivity index (χ1) is 16.7. The van der Waals surface area contributed by atoms with Crippen LogP contribution in [0.15, 0.2) is 0 Å². The minimum atomic E-state index is -0.673. The zero-order valence-corrected chi connectivity index (χ0v) is 25.8. The first kappa shape index (κ1) is 34.4. The van der Waals surface area contributed by atoms with Crippen molar-refractivity contribution in [2.24, 2.45) is 0 Å². The molecule has 0 aliphatic heterocycles. The molecule has 0 amide bonds. The average Bonchev–Trinajstić information content (AvgIpc) is 2.84. The fourth-order valence-corrected chi connectivity index (χ4v) is 10.7. The summed E-state index contributed by atoms with van der Waals surface area (Å²) in [5, 5.41) is 0. The van der Waals surface area contributed by atoms with E-state index in [4.69, 9.17) is 0 Å². The molecule has 0 aliphatic rings. The van der Waals surface area contributed by atoms with E-state index in [0.717, 1.165) is 0 Å². The highest BCUT2D eigenvalue weighted by Crippen LogP contribution is 2.61. The minimum absolute atomic E-state index is 0.673. The molecule has 34 heavy (non-hydrogen) atoms. The fourth-order valence-electron chi connectivity index (χ4n) is 5.76. The Morgan fingerprint density at radius 3 is 0.676 bits per heavy atom. The molecule has 0 saturated carbocycles. The summed E-state index contributed by atoms with van der Waals surface area (Å²) in [5.74, 6) is 0. The van der Waals surface area contributed by atoms with E-state index >= 15 is 0 Å². The molecule has 0 nitrogen and oxygen atoms in total. The second-order valence-electron chi connectivity index (χ2n) is 11.7. The highest BCUT2D eigenvalue weighted by molar-refractivity contribution is 7.75. The Bertz CT molecular complexity index is 337. The summed E-state index contributed by atoms with van der Waals surface area (Å²) in [7, 11) is -0.673. The van der Waals surface area contributed by atoms with Gasteiger partial charge in [-0.2, -0.15) is 0 Å². The van der Waals surface area contributed by atoms with E-state index in [1.54, 1.807) is 31.1 Å². The summed E-state index contributed by atoms with van der Waals surface area (Å²) in [5.41, 5.74) is 0. The predicted octanol–water partition coefficient (Wildman–Crippen LogP) is 12.8. The van der Waals surface area contributed by atoms with Crippen LogP contribution in [-0.4, -0.2) is 24.6 Å². The van der Waals surface area contributed by atoms with Gasteiger partial charge < -0.3 is 0 Å². The second kappa shape index (κ2) is 28.0. The van der Waals surface area contributed by atoms with Crippen molar-refractivity contribution in [3.05, 3.63) is 0 Å². The van der Waals surface area contributed by atoms with Crippen LogP contribution in [0, 0.1) is 0 Å². The van der Waals surface area contributed by atoms with Crippen LogP contribution in [0.2, 0.25) is 0 Å². The highest BCUT2D eigenvalue weighted by atomic mass is 31.2. The third-order valence-corrected chi connectivity index (χ3v) is 13.3. The van der Waals surface area contributed by atoms with E-state index in [1.165, 1.54) is 154 Å². The fraction of sp³-hybridized carbons (Fsp3) is 1.00. The van der Waals surface area contributed by atoms with Gasteiger partial charge in [0.25, 0.3) is 0 Å². The maximum atomic E-state index is 2.38. The lowest BCUT2D eigenvalue weighted by Gasteiger charge is -2.28. The van der Waals surface area contributed by atoms with Crippen LogP contribution in [0.5, 0.6) is 0 Å². The highest BCUT2D eigenvalue weighted by Gasteiger charge is 2.34. The van der Waals surface area contributed by atoms with E-state index in [1.807, 2.05) is 0 Å². The topological polar surface area (TPSA) is 0 Å². The molecule has 0 radical (unpaired) electrons. The van der Waals surface area contributed by atoms with E-state index in [2.05, 4.69) is 27.7 Å². The zero-order valence-electron chi connectivity index (χ0n) is 25.0. The summed E-state index contributed by atoms with van der Waals surface area (Å²) in [6, 6.07) is 0. The van der Waals surface area contributed by atoms with Crippen molar-refractivity contribution >= 4 is 7.26 Å². The van der Waals surface area contributed by atoms with Gasteiger partial charge in [0.2, 0.25) is 0 Å². The van der Waals surface area contributed by atoms with Crippen LogP contribution in [0.4, 0.5) is 0 Å². The number of rotatable bonds is 29. The van der Waals surface area contributed by atoms with Gasteiger partial charge in [-0.3, -0.25) is 0 Å². The lowest BCUT2D eigenvalue weighted by atomic mass is 10.0. The maximum absolute atomic E-state index is 2.38. The Morgan fingerprint density at radius 2 is 0.412 bits per heavy atom. The molecule has 0 rings (SSSR count). The summed E-state index contributed by atoms with van der Waals surface area (Å²) >= 11 is 0. The largest absolute Gasteiger partial charge is 0.0654 e. The van der Waals surface area contributed by atoms with Gasteiger partial charge in [-0.1, -0.05) is 156 Å². The van der Waals surface area contributed by atoms with Crippen molar-refractivity contribution in [2.45, 2.75) is 188 Å². The Balaban J connectivity index is 3.93. The molecule has 0 aliphatic carbocycles. The smallest absolute Gasteiger partial charge is 0.0594 e. The minimum Gasteiger partial charge on any atom is -0.0654 e. The second-order valence-corrected chi connectivity index (χ2v) is 16.1. The van der Waals surface area contributed by atoms with E-state index in [0.29, 0.717) is 0 Å². The SMILES string of the molecule is CCCCCCCCCCCCCCCCCC[P+](CCCCC)(CCCCC)CCCCC. The number of hydrogen-bond acceptors (Lipinski definition) is 0. The van der Waals surface area contributed by atoms with Gasteiger partial charge in [-0.25, -0.2) is 0 Å². The Morgan fingerprint density at radius 1 is 0.235 bits per heavy atom. The van der Waals surface area contributed by atoms with Gasteiger partial charge in [0.1, 0.15) is 0 Å². The maximum Gasteiger partial charge on any atom is 0.0594 e. The molecule has 0 unspecified atom stereocenters. The van der Waals surface area contributed by atoms with Gasteiger partial charge in [-0.15, -0.1) is 0 Å². The van der Waals surface area contributed by atoms with Crippen LogP contribution in [0.3, 0.4) is 0 Å². The molecular weight excluding hydrogens is 427 g/mol. The van der Waals surface area contributed by atoms with Gasteiger partial charge in [0.15, 0.2) is 0 Å². The van der Waals surface area contributed by atoms with Crippen LogP contribution in [0.1, 0.15) is 188 Å². The van der Waals surface area contributed by atoms with Crippen LogP contribution in [-0.2, 0) is 0 Å². The monoisotopic (exact) mass is 498 g/mol. The van der Waals surface area contributed by atoms with Crippen molar-refractivity contribution in [3.63, 3.8) is 0 Å². The molecule has 0 aromatic carbocycles. The molecule has 1 heteroatoms. The van der Waals surface area contributed by atoms with Crippen LogP contribution in [0.25, 0.3) is 0 Å². The number of unbranched alkanes of at least 4 members (excludes halogenated alkanes) is 21. The van der Waals surface area contributed by atoms with Crippen LogP contribution < -0.4 is 0 Å². The third-order valence-electron chi connectivity index (χ3n) is 8.19. The zero-order chi connectivity index (χ0) is 25.0. The van der Waals surface area contributed by atoms with Gasteiger partial charge in [-0.05, 0) is 32.1 Å². The molecule has 0 N–H and O–H groups in total. The molecule has 0 bridgehead atoms. The van der Waals surface area contributed by atoms with Crippen molar-refractivity contribution in [2.75, 3.05) is 24.6 Å². The average molecular weight is 498 g/mol. The van der Waals surface area contributed by atoms with E-state index < -0.39 is 7.26 Å². The predicted molar refractivity (Wildman–Crippen MR) is 165 cm³/mol. The van der Waals surface area contributed by atoms with Crippen molar-refractivity contribution in [3.8, 4) is 0 Å². The summed E-state index contributed by atoms with van der Waals surface area (Å²) in [6.45, 7) is 9.45. The molecule has 0 saturated heterocycles. The third kappa shape index (κ3) is 22.9. The Labute approximate surface area is 220 Å². The van der Waals surface area contributed by atoms with E-state index in [-0.39, 0.29) is 0 Å². The molecule has 0 spiro atoms. The summed E-state index contributed by atoms with van der Waals surface area (Å²) < 4.78 is 0. The Kier molecular flexibility index (Phi) is 28.4. The first-order valence-corrected chi connectivity index (χ1v) is 19.1. The standard InChI is InChI=1S/C33H70P/c1-5-9-13-14-15-16-17-18-19-20-21-22-23-24-25-29-33-34(30-26-10-6-2,31-27-11-7-3)32-28-12-8-4/h5-33H2,1-4H3/q+1. The molecule has 0 atom stereocenters. The number of hydrogen-bond donors (Lipinski definition) is 0. The molecule has 0 heterocycles. The molecule has 0 aromatic heterocycles. The molecule has 0 fully saturated rings. The Hall–Kier alpha value is 0.430. The lowest BCUT2D eigenvalue weighted by molar-refractivity contribution is 0.531. The lowest BCUT2D eigenvalue weighted by Crippen LogP contribution is -2.13. The quantitative estimate of drug-likeness (QED) is 0.0711. The first-order valence-electron chi connectivity index (χ1n) is 16.6. The van der Waals surface area contributed by atoms with Crippen LogP contribution >= 0.6 is 7.26 Å². The summed E-state index contributed by atoms with van der Waals surface area (Å²) in [6.07, 6.45) is 43.5. The normalized spacial score (nSPS) is 12.0. The van der Waals surface area contributed by atoms with Crippen molar-refractivity contribution in [1.82, 2.24) is 0 Å². The molecular formula is C33H70P+. The van der Waals surface area contributed by atoms with Crippen molar-refractivity contribution in [1.29, 1.82) is 0 Å². The van der Waals surface area contributed by atoms with E-state index in [9.17, 15) is 0 Å². The van der Waals surface area contributed by atoms with Gasteiger partial charge in [0.05, 0.1) is 24.6 Å². The van der Waals surface area contributed by atoms with Gasteiger partial charge >= 0.3 is 0 Å². The molecule has 0 aromatic rings. The van der Waals surface area contributed by atoms with Gasteiger partial charge in [0, 0.05) is 7.26 Å².